The lowest BCUT2D eigenvalue weighted by Crippen LogP contribution is -2.59. The lowest BCUT2D eigenvalue weighted by molar-refractivity contribution is -0.384. The fraction of sp³-hybridized carbons (Fsp3) is 0.429. The normalized spacial score (nSPS) is 17.2. The molecule has 2 aliphatic heterocycles. The van der Waals surface area contributed by atoms with Gasteiger partial charge < -0.3 is 23.8 Å². The number of nitrogens with zero attached hydrogens (tertiary/aromatic N) is 2. The number of benzene rings is 3. The first kappa shape index (κ1) is 35.6. The average Bonchev–Trinajstić information content (AvgIpc) is 3.19. The first-order chi connectivity index (χ1) is 22.3. The van der Waals surface area contributed by atoms with Crippen molar-refractivity contribution >= 4 is 27.6 Å². The summed E-state index contributed by atoms with van der Waals surface area (Å²) in [5.41, 5.74) is 2.42. The van der Waals surface area contributed by atoms with E-state index in [9.17, 15) is 18.5 Å². The van der Waals surface area contributed by atoms with Crippen LogP contribution in [0.25, 0.3) is 6.08 Å². The largest absolute Gasteiger partial charge is 0.494 e. The zero-order valence-electron chi connectivity index (χ0n) is 27.8. The summed E-state index contributed by atoms with van der Waals surface area (Å²) in [6.07, 6.45) is 4.64. The van der Waals surface area contributed by atoms with E-state index in [0.29, 0.717) is 50.5 Å². The second kappa shape index (κ2) is 14.6. The van der Waals surface area contributed by atoms with Crippen molar-refractivity contribution in [3.05, 3.63) is 87.5 Å². The predicted molar refractivity (Wildman–Crippen MR) is 183 cm³/mol. The molecule has 2 heterocycles. The number of fused-ring (bicyclic) bond motifs is 2. The number of unbranched alkanes of at least 4 members (excludes halogenated alkanes) is 1. The van der Waals surface area contributed by atoms with Gasteiger partial charge in [-0.2, -0.15) is 8.42 Å². The molecule has 0 bridgehead atoms. The van der Waals surface area contributed by atoms with Crippen LogP contribution in [0.3, 0.4) is 0 Å². The number of rotatable bonds is 12. The van der Waals surface area contributed by atoms with Crippen molar-refractivity contribution in [2.75, 3.05) is 37.0 Å². The van der Waals surface area contributed by atoms with Crippen molar-refractivity contribution in [1.82, 2.24) is 0 Å². The van der Waals surface area contributed by atoms with Gasteiger partial charge in [0.2, 0.25) is 5.72 Å². The molecule has 5 rings (SSSR count). The zero-order chi connectivity index (χ0) is 34.4. The van der Waals surface area contributed by atoms with Gasteiger partial charge in [-0.25, -0.2) is 0 Å². The van der Waals surface area contributed by atoms with Crippen molar-refractivity contribution < 1.29 is 36.8 Å². The molecule has 0 amide bonds. The van der Waals surface area contributed by atoms with E-state index < -0.39 is 26.2 Å². The molecule has 0 aliphatic carbocycles. The van der Waals surface area contributed by atoms with Crippen LogP contribution in [-0.4, -0.2) is 55.7 Å². The third-order valence-corrected chi connectivity index (χ3v) is 9.16. The molecule has 1 atom stereocenters. The van der Waals surface area contributed by atoms with Crippen LogP contribution in [0, 0.1) is 17.0 Å². The summed E-state index contributed by atoms with van der Waals surface area (Å²) in [7, 11) is -4.01. The van der Waals surface area contributed by atoms with Crippen molar-refractivity contribution in [2.45, 2.75) is 65.5 Å². The summed E-state index contributed by atoms with van der Waals surface area (Å²) in [6, 6.07) is 16.3. The van der Waals surface area contributed by atoms with Gasteiger partial charge in [-0.1, -0.05) is 18.2 Å². The lowest BCUT2D eigenvalue weighted by Gasteiger charge is -2.47. The number of ether oxygens (including phenoxy) is 4. The number of anilines is 1. The Balaban J connectivity index is 0.000000264. The number of para-hydroxylation sites is 1. The van der Waals surface area contributed by atoms with Crippen LogP contribution in [-0.2, 0) is 15.5 Å². The smallest absolute Gasteiger partial charge is 0.270 e. The molecule has 3 aromatic rings. The Morgan fingerprint density at radius 3 is 2.17 bits per heavy atom. The summed E-state index contributed by atoms with van der Waals surface area (Å²) in [4.78, 5) is 12.8. The number of nitro benzene ring substituents is 1. The van der Waals surface area contributed by atoms with Gasteiger partial charge in [-0.3, -0.25) is 14.7 Å². The Labute approximate surface area is 277 Å². The molecule has 1 unspecified atom stereocenters. The first-order valence-corrected chi connectivity index (χ1v) is 17.4. The molecule has 254 valence electrons. The number of non-ortho nitro benzene ring substituents is 1. The van der Waals surface area contributed by atoms with Gasteiger partial charge in [-0.05, 0) is 84.2 Å². The van der Waals surface area contributed by atoms with Gasteiger partial charge in [0.15, 0.2) is 0 Å². The van der Waals surface area contributed by atoms with E-state index in [1.54, 1.807) is 6.07 Å². The molecule has 1 N–H and O–H groups in total. The van der Waals surface area contributed by atoms with E-state index in [1.165, 1.54) is 12.1 Å². The Hall–Kier alpha value is -4.29. The molecule has 1 spiro atoms. The Morgan fingerprint density at radius 1 is 0.936 bits per heavy atom. The van der Waals surface area contributed by atoms with Crippen molar-refractivity contribution in [3.63, 3.8) is 0 Å². The van der Waals surface area contributed by atoms with Gasteiger partial charge in [0, 0.05) is 47.6 Å². The minimum atomic E-state index is -4.01. The van der Waals surface area contributed by atoms with Crippen LogP contribution in [0.1, 0.15) is 64.2 Å². The van der Waals surface area contributed by atoms with E-state index in [2.05, 4.69) is 24.8 Å². The number of nitro groups is 1. The fourth-order valence-electron chi connectivity index (χ4n) is 6.04. The minimum absolute atomic E-state index is 0.000938. The van der Waals surface area contributed by atoms with Gasteiger partial charge >= 0.3 is 0 Å². The lowest BCUT2D eigenvalue weighted by atomic mass is 9.76. The molecule has 12 heteroatoms. The van der Waals surface area contributed by atoms with Crippen molar-refractivity contribution in [3.8, 4) is 23.0 Å². The first-order valence-electron chi connectivity index (χ1n) is 15.8. The van der Waals surface area contributed by atoms with Crippen molar-refractivity contribution in [2.24, 2.45) is 0 Å². The second-order valence-electron chi connectivity index (χ2n) is 11.7. The van der Waals surface area contributed by atoms with Crippen LogP contribution in [0.2, 0.25) is 0 Å². The SMILES string of the molecule is CC1(C)c2ccccc2N(CCCCS(=O)(=O)O)C12C=Cc1cc([N+](=O)[O-])ccc1O2.CCOc1cc(OCC)c(C)c(OCC)c1. The fourth-order valence-corrected chi connectivity index (χ4v) is 6.61. The van der Waals surface area contributed by atoms with Crippen LogP contribution in [0.4, 0.5) is 11.4 Å². The van der Waals surface area contributed by atoms with Gasteiger partial charge in [0.1, 0.15) is 23.0 Å². The molecule has 2 aliphatic rings. The predicted octanol–water partition coefficient (Wildman–Crippen LogP) is 7.35. The Morgan fingerprint density at radius 2 is 1.57 bits per heavy atom. The molecule has 0 saturated carbocycles. The van der Waals surface area contributed by atoms with Crippen molar-refractivity contribution in [1.29, 1.82) is 0 Å². The van der Waals surface area contributed by atoms with E-state index in [0.717, 1.165) is 34.1 Å². The van der Waals surface area contributed by atoms with Crippen LogP contribution in [0.15, 0.2) is 60.7 Å². The third kappa shape index (κ3) is 7.65. The summed E-state index contributed by atoms with van der Waals surface area (Å²) in [5, 5.41) is 11.1. The monoisotopic (exact) mass is 668 g/mol. The molecule has 0 radical (unpaired) electrons. The quantitative estimate of drug-likeness (QED) is 0.0902. The summed E-state index contributed by atoms with van der Waals surface area (Å²) in [6.45, 7) is 14.5. The van der Waals surface area contributed by atoms with E-state index in [-0.39, 0.29) is 11.4 Å². The molecular formula is C35H44N2O9S. The Kier molecular flexibility index (Phi) is 11.1. The average molecular weight is 669 g/mol. The maximum absolute atomic E-state index is 11.1. The zero-order valence-corrected chi connectivity index (χ0v) is 28.6. The highest BCUT2D eigenvalue weighted by atomic mass is 32.2. The van der Waals surface area contributed by atoms with Gasteiger partial charge in [-0.15, -0.1) is 0 Å². The van der Waals surface area contributed by atoms with E-state index >= 15 is 0 Å². The third-order valence-electron chi connectivity index (χ3n) is 8.35. The molecule has 0 fully saturated rings. The summed E-state index contributed by atoms with van der Waals surface area (Å²) >= 11 is 0. The molecule has 3 aromatic carbocycles. The Bertz CT molecular complexity index is 1690. The van der Waals surface area contributed by atoms with E-state index in [4.69, 9.17) is 23.5 Å². The molecule has 0 saturated heterocycles. The molecule has 0 aromatic heterocycles. The van der Waals surface area contributed by atoms with Crippen LogP contribution in [0.5, 0.6) is 23.0 Å². The maximum Gasteiger partial charge on any atom is 0.270 e. The van der Waals surface area contributed by atoms with E-state index in [1.807, 2.05) is 70.2 Å². The highest BCUT2D eigenvalue weighted by Gasteiger charge is 2.58. The molecular weight excluding hydrogens is 624 g/mol. The molecule has 47 heavy (non-hydrogen) atoms. The van der Waals surface area contributed by atoms with Crippen LogP contribution < -0.4 is 23.8 Å². The minimum Gasteiger partial charge on any atom is -0.494 e. The highest BCUT2D eigenvalue weighted by molar-refractivity contribution is 7.85. The topological polar surface area (TPSA) is 138 Å². The highest BCUT2D eigenvalue weighted by Crippen LogP contribution is 2.55. The maximum atomic E-state index is 11.1. The summed E-state index contributed by atoms with van der Waals surface area (Å²) < 4.78 is 54.4. The van der Waals surface area contributed by atoms with Gasteiger partial charge in [0.25, 0.3) is 15.8 Å². The summed E-state index contributed by atoms with van der Waals surface area (Å²) in [5.74, 6) is 2.72. The number of hydrogen-bond acceptors (Lipinski definition) is 9. The molecule has 11 nitrogen and oxygen atoms in total. The van der Waals surface area contributed by atoms with Crippen LogP contribution >= 0.6 is 0 Å². The number of hydrogen-bond donors (Lipinski definition) is 1. The van der Waals surface area contributed by atoms with Gasteiger partial charge in [0.05, 0.1) is 35.9 Å². The standard InChI is InChI=1S/C22H24N2O6S.C13H20O3/c1-21(2)18-7-3-4-8-19(18)23(13-5-6-14-31(27,28)29)22(21)12-11-16-15-17(24(25)26)9-10-20(16)30-22;1-5-14-11-8-12(15-6-2)10(4)13(9-11)16-7-3/h3-4,7-12,15H,5-6,13-14H2,1-2H3,(H,27,28,29);8-9H,5-7H2,1-4H3. The second-order valence-corrected chi connectivity index (χ2v) is 13.3.